The van der Waals surface area contributed by atoms with Gasteiger partial charge in [0.1, 0.15) is 11.6 Å². The Balaban J connectivity index is 2.13. The second kappa shape index (κ2) is 10.7. The average Bonchev–Trinajstić information content (AvgIpc) is 2.65. The third-order valence-corrected chi connectivity index (χ3v) is 5.13. The van der Waals surface area contributed by atoms with Gasteiger partial charge in [0.15, 0.2) is 11.0 Å². The van der Waals surface area contributed by atoms with Gasteiger partial charge in [-0.1, -0.05) is 26.0 Å². The zero-order valence-corrected chi connectivity index (χ0v) is 19.7. The summed E-state index contributed by atoms with van der Waals surface area (Å²) in [5, 5.41) is 2.66. The largest absolute Gasteiger partial charge is 0.444 e. The van der Waals surface area contributed by atoms with Crippen molar-refractivity contribution in [1.82, 2.24) is 20.0 Å². The Morgan fingerprint density at radius 1 is 1.23 bits per heavy atom. The molecule has 2 aromatic rings. The van der Waals surface area contributed by atoms with E-state index in [1.165, 1.54) is 6.20 Å². The predicted octanol–water partition coefficient (Wildman–Crippen LogP) is 3.88. The molecule has 1 heterocycles. The Morgan fingerprint density at radius 3 is 2.55 bits per heavy atom. The molecule has 31 heavy (non-hydrogen) atoms. The Bertz CT molecular complexity index is 962. The van der Waals surface area contributed by atoms with Gasteiger partial charge in [-0.15, -0.1) is 0 Å². The van der Waals surface area contributed by atoms with Crippen molar-refractivity contribution in [3.8, 4) is 11.3 Å². The van der Waals surface area contributed by atoms with Gasteiger partial charge >= 0.3 is 6.09 Å². The van der Waals surface area contributed by atoms with Crippen molar-refractivity contribution < 1.29 is 18.5 Å². The van der Waals surface area contributed by atoms with Crippen LogP contribution in [0.3, 0.4) is 0 Å². The van der Waals surface area contributed by atoms with Crippen LogP contribution in [0.5, 0.6) is 0 Å². The highest BCUT2D eigenvalue weighted by Crippen LogP contribution is 2.20. The minimum atomic E-state index is -1.84. The summed E-state index contributed by atoms with van der Waals surface area (Å²) < 4.78 is 20.5. The van der Waals surface area contributed by atoms with Crippen LogP contribution in [0.15, 0.2) is 41.4 Å². The lowest BCUT2D eigenvalue weighted by molar-refractivity contribution is -0.121. The molecule has 0 radical (unpaired) electrons. The monoisotopic (exact) mass is 466 g/mol. The molecule has 10 heteroatoms. The molecule has 0 aliphatic rings. The molecule has 0 fully saturated rings. The number of nitrogens with zero attached hydrogens (tertiary/aromatic N) is 2. The van der Waals surface area contributed by atoms with E-state index in [2.05, 4.69) is 20.0 Å². The number of halogens is 1. The fourth-order valence-electron chi connectivity index (χ4n) is 2.64. The summed E-state index contributed by atoms with van der Waals surface area (Å²) in [5.41, 5.74) is 0.542. The first kappa shape index (κ1) is 24.7. The molecule has 0 aliphatic carbocycles. The lowest BCUT2D eigenvalue weighted by Gasteiger charge is -2.24. The van der Waals surface area contributed by atoms with Crippen molar-refractivity contribution in [3.05, 3.63) is 41.8 Å². The highest BCUT2D eigenvalue weighted by molar-refractivity contribution is 7.83. The molecule has 2 rings (SSSR count). The lowest BCUT2D eigenvalue weighted by Crippen LogP contribution is -2.49. The number of rotatable bonds is 7. The number of benzene rings is 1. The number of nitrogens with one attached hydrogen (secondary N) is 2. The maximum atomic E-state index is 12.8. The molecule has 168 valence electrons. The standard InChI is InChI=1S/C21H27ClN4O4S/c1-13(2)11-17(25-20(28)30-21(3,4)5)18(27)26-31(29)15-8-6-7-14(12-15)16-9-10-23-19(22)24-16/h6-10,12-13,17H,11H2,1-5H3,(H,25,28)(H,26,27)/t17-,31?/m0/s1. The van der Waals surface area contributed by atoms with Crippen LogP contribution in [0.1, 0.15) is 41.0 Å². The van der Waals surface area contributed by atoms with E-state index in [9.17, 15) is 13.8 Å². The van der Waals surface area contributed by atoms with Gasteiger partial charge in [-0.25, -0.2) is 19.0 Å². The van der Waals surface area contributed by atoms with E-state index in [0.717, 1.165) is 0 Å². The fraction of sp³-hybridized carbons (Fsp3) is 0.429. The first-order chi connectivity index (χ1) is 14.4. The molecule has 0 saturated heterocycles. The number of amides is 2. The number of alkyl carbamates (subject to hydrolysis) is 1. The molecule has 2 atom stereocenters. The van der Waals surface area contributed by atoms with E-state index < -0.39 is 34.6 Å². The van der Waals surface area contributed by atoms with Crippen LogP contribution >= 0.6 is 11.6 Å². The molecule has 8 nitrogen and oxygen atoms in total. The second-order valence-corrected chi connectivity index (χ2v) is 9.85. The van der Waals surface area contributed by atoms with Crippen LogP contribution in [-0.2, 0) is 20.5 Å². The van der Waals surface area contributed by atoms with E-state index in [-0.39, 0.29) is 11.2 Å². The van der Waals surface area contributed by atoms with Gasteiger partial charge in [0, 0.05) is 11.8 Å². The van der Waals surface area contributed by atoms with Crippen molar-refractivity contribution in [2.75, 3.05) is 0 Å². The van der Waals surface area contributed by atoms with Crippen molar-refractivity contribution in [2.24, 2.45) is 5.92 Å². The van der Waals surface area contributed by atoms with E-state index in [1.54, 1.807) is 51.1 Å². The van der Waals surface area contributed by atoms with Gasteiger partial charge in [-0.2, -0.15) is 0 Å². The van der Waals surface area contributed by atoms with Crippen molar-refractivity contribution >= 4 is 34.6 Å². The normalized spacial score (nSPS) is 13.4. The summed E-state index contributed by atoms with van der Waals surface area (Å²) in [7, 11) is -1.84. The van der Waals surface area contributed by atoms with Gasteiger partial charge in [0.05, 0.1) is 10.6 Å². The van der Waals surface area contributed by atoms with E-state index in [0.29, 0.717) is 22.6 Å². The Hall–Kier alpha value is -2.52. The van der Waals surface area contributed by atoms with Crippen LogP contribution in [-0.4, -0.2) is 37.8 Å². The number of carbonyl (C=O) groups is 2. The molecular weight excluding hydrogens is 440 g/mol. The second-order valence-electron chi connectivity index (χ2n) is 8.30. The van der Waals surface area contributed by atoms with Gasteiger partial charge in [-0.3, -0.25) is 9.52 Å². The number of hydrogen-bond donors (Lipinski definition) is 2. The average molecular weight is 467 g/mol. The van der Waals surface area contributed by atoms with Gasteiger partial charge in [-0.05, 0) is 62.9 Å². The van der Waals surface area contributed by atoms with E-state index in [1.807, 2.05) is 13.8 Å². The molecule has 1 aromatic carbocycles. The zero-order chi connectivity index (χ0) is 23.2. The minimum absolute atomic E-state index is 0.0991. The lowest BCUT2D eigenvalue weighted by atomic mass is 10.0. The maximum Gasteiger partial charge on any atom is 0.408 e. The smallest absolute Gasteiger partial charge is 0.408 e. The van der Waals surface area contributed by atoms with Crippen LogP contribution in [0.25, 0.3) is 11.3 Å². The quantitative estimate of drug-likeness (QED) is 0.599. The Labute approximate surface area is 189 Å². The molecular formula is C21H27ClN4O4S. The van der Waals surface area contributed by atoms with Crippen LogP contribution in [0.2, 0.25) is 5.28 Å². The van der Waals surface area contributed by atoms with Crippen molar-refractivity contribution in [2.45, 2.75) is 57.6 Å². The third kappa shape index (κ3) is 8.26. The van der Waals surface area contributed by atoms with Crippen LogP contribution in [0, 0.1) is 5.92 Å². The first-order valence-electron chi connectivity index (χ1n) is 9.75. The number of ether oxygens (including phenoxy) is 1. The summed E-state index contributed by atoms with van der Waals surface area (Å²) in [6.45, 7) is 9.04. The molecule has 2 N–H and O–H groups in total. The summed E-state index contributed by atoms with van der Waals surface area (Å²) in [6.07, 6.45) is 1.18. The van der Waals surface area contributed by atoms with Gasteiger partial charge in [0.2, 0.25) is 5.28 Å². The maximum absolute atomic E-state index is 12.8. The highest BCUT2D eigenvalue weighted by atomic mass is 35.5. The predicted molar refractivity (Wildman–Crippen MR) is 120 cm³/mol. The molecule has 2 amide bonds. The topological polar surface area (TPSA) is 110 Å². The highest BCUT2D eigenvalue weighted by Gasteiger charge is 2.26. The molecule has 1 unspecified atom stereocenters. The Morgan fingerprint density at radius 2 is 1.94 bits per heavy atom. The van der Waals surface area contributed by atoms with Crippen molar-refractivity contribution in [1.29, 1.82) is 0 Å². The van der Waals surface area contributed by atoms with E-state index in [4.69, 9.17) is 16.3 Å². The number of hydrogen-bond acceptors (Lipinski definition) is 6. The minimum Gasteiger partial charge on any atom is -0.444 e. The molecule has 0 saturated carbocycles. The molecule has 0 aliphatic heterocycles. The van der Waals surface area contributed by atoms with Crippen LogP contribution in [0.4, 0.5) is 4.79 Å². The zero-order valence-electron chi connectivity index (χ0n) is 18.1. The van der Waals surface area contributed by atoms with E-state index >= 15 is 0 Å². The SMILES string of the molecule is CC(C)C[C@H](NC(=O)OC(C)(C)C)C(=O)NS(=O)c1cccc(-c2ccnc(Cl)n2)c1. The fourth-order valence-corrected chi connectivity index (χ4v) is 3.67. The molecule has 1 aromatic heterocycles. The number of carbonyl (C=O) groups excluding carboxylic acids is 2. The van der Waals surface area contributed by atoms with Gasteiger partial charge in [0.25, 0.3) is 5.91 Å². The summed E-state index contributed by atoms with van der Waals surface area (Å²) >= 11 is 5.84. The summed E-state index contributed by atoms with van der Waals surface area (Å²) in [6, 6.07) is 7.55. The Kier molecular flexibility index (Phi) is 8.52. The number of aromatic nitrogens is 2. The van der Waals surface area contributed by atoms with Crippen LogP contribution < -0.4 is 10.0 Å². The van der Waals surface area contributed by atoms with Crippen molar-refractivity contribution in [3.63, 3.8) is 0 Å². The molecule has 0 bridgehead atoms. The van der Waals surface area contributed by atoms with Gasteiger partial charge < -0.3 is 10.1 Å². The summed E-state index contributed by atoms with van der Waals surface area (Å²) in [4.78, 5) is 33.2. The molecule has 0 spiro atoms. The first-order valence-corrected chi connectivity index (χ1v) is 11.3. The third-order valence-electron chi connectivity index (χ3n) is 3.88. The summed E-state index contributed by atoms with van der Waals surface area (Å²) in [5.74, 6) is -0.446.